The van der Waals surface area contributed by atoms with E-state index in [1.807, 2.05) is 24.3 Å². The van der Waals surface area contributed by atoms with Crippen molar-refractivity contribution < 1.29 is 26.0 Å². The number of sulfonamides is 1. The standard InChI is InChI=1S/C27H31F3N6O3S/c1-2-34-11-13-35(14-12-34)20-5-3-19(4-6-20)32-26-31-16-22(27(28,29)30)25(33-26)23-15-18-9-10-36(17-24(18)39-23)40(37,38)21-7-8-21/h3-6,15-16,21H,2,7-14,17H2,1H3,(H,31,32,33). The third-order valence-electron chi connectivity index (χ3n) is 7.79. The molecule has 1 N–H and O–H groups in total. The number of benzene rings is 1. The molecule has 4 heterocycles. The minimum Gasteiger partial charge on any atom is -0.458 e. The molecule has 0 radical (unpaired) electrons. The van der Waals surface area contributed by atoms with E-state index in [0.29, 0.717) is 36.3 Å². The van der Waals surface area contributed by atoms with Crippen molar-refractivity contribution in [3.63, 3.8) is 0 Å². The average molecular weight is 577 g/mol. The number of nitrogens with zero attached hydrogens (tertiary/aromatic N) is 5. The van der Waals surface area contributed by atoms with Crippen molar-refractivity contribution in [3.8, 4) is 11.5 Å². The van der Waals surface area contributed by atoms with Crippen LogP contribution in [-0.4, -0.2) is 72.1 Å². The van der Waals surface area contributed by atoms with E-state index in [2.05, 4.69) is 32.0 Å². The van der Waals surface area contributed by atoms with Crippen molar-refractivity contribution >= 4 is 27.3 Å². The Kier molecular flexibility index (Phi) is 6.99. The Morgan fingerprint density at radius 1 is 1.07 bits per heavy atom. The first kappa shape index (κ1) is 27.0. The summed E-state index contributed by atoms with van der Waals surface area (Å²) in [7, 11) is -3.42. The maximum Gasteiger partial charge on any atom is 0.420 e. The fraction of sp³-hybridized carbons (Fsp3) is 0.481. The number of hydrogen-bond acceptors (Lipinski definition) is 8. The van der Waals surface area contributed by atoms with Crippen LogP contribution < -0.4 is 10.2 Å². The molecular weight excluding hydrogens is 545 g/mol. The molecule has 1 aromatic carbocycles. The average Bonchev–Trinajstić information content (AvgIpc) is 3.72. The van der Waals surface area contributed by atoms with E-state index in [4.69, 9.17) is 4.42 Å². The van der Waals surface area contributed by atoms with Crippen LogP contribution in [0.15, 0.2) is 40.9 Å². The summed E-state index contributed by atoms with van der Waals surface area (Å²) < 4.78 is 74.3. The maximum absolute atomic E-state index is 13.9. The van der Waals surface area contributed by atoms with Crippen molar-refractivity contribution in [2.24, 2.45) is 0 Å². The van der Waals surface area contributed by atoms with E-state index in [1.165, 1.54) is 10.4 Å². The van der Waals surface area contributed by atoms with Crippen molar-refractivity contribution in [2.45, 2.75) is 44.2 Å². The predicted molar refractivity (Wildman–Crippen MR) is 145 cm³/mol. The van der Waals surface area contributed by atoms with Gasteiger partial charge < -0.3 is 19.5 Å². The second-order valence-corrected chi connectivity index (χ2v) is 12.6. The fourth-order valence-electron chi connectivity index (χ4n) is 5.25. The van der Waals surface area contributed by atoms with Crippen LogP contribution in [0.25, 0.3) is 11.5 Å². The Hall–Kier alpha value is -3.16. The van der Waals surface area contributed by atoms with Gasteiger partial charge in [-0.1, -0.05) is 6.92 Å². The van der Waals surface area contributed by atoms with Gasteiger partial charge in [0, 0.05) is 50.3 Å². The van der Waals surface area contributed by atoms with Gasteiger partial charge in [-0.05, 0) is 61.7 Å². The molecule has 6 rings (SSSR count). The van der Waals surface area contributed by atoms with Crippen LogP contribution in [-0.2, 0) is 29.2 Å². The molecule has 3 aliphatic rings. The van der Waals surface area contributed by atoms with Gasteiger partial charge in [0.25, 0.3) is 0 Å². The molecule has 0 bridgehead atoms. The van der Waals surface area contributed by atoms with E-state index in [-0.39, 0.29) is 35.7 Å². The summed E-state index contributed by atoms with van der Waals surface area (Å²) in [5, 5.41) is 2.64. The smallest absolute Gasteiger partial charge is 0.420 e. The van der Waals surface area contributed by atoms with Crippen LogP contribution in [0.1, 0.15) is 36.7 Å². The summed E-state index contributed by atoms with van der Waals surface area (Å²) in [6.07, 6.45) is -2.31. The zero-order chi connectivity index (χ0) is 28.1. The lowest BCUT2D eigenvalue weighted by atomic mass is 10.1. The van der Waals surface area contributed by atoms with Crippen molar-refractivity contribution in [3.05, 3.63) is 53.4 Å². The maximum atomic E-state index is 13.9. The molecule has 2 aliphatic heterocycles. The highest BCUT2D eigenvalue weighted by atomic mass is 32.2. The molecule has 0 unspecified atom stereocenters. The first-order valence-electron chi connectivity index (χ1n) is 13.5. The lowest BCUT2D eigenvalue weighted by Crippen LogP contribution is -2.46. The van der Waals surface area contributed by atoms with E-state index < -0.39 is 21.8 Å². The summed E-state index contributed by atoms with van der Waals surface area (Å²) in [6.45, 7) is 7.34. The van der Waals surface area contributed by atoms with Crippen LogP contribution in [0.4, 0.5) is 30.5 Å². The van der Waals surface area contributed by atoms with Crippen LogP contribution >= 0.6 is 0 Å². The molecule has 2 aromatic heterocycles. The summed E-state index contributed by atoms with van der Waals surface area (Å²) in [5.41, 5.74) is 0.999. The van der Waals surface area contributed by atoms with E-state index >= 15 is 0 Å². The van der Waals surface area contributed by atoms with Crippen molar-refractivity contribution in [1.82, 2.24) is 19.2 Å². The third-order valence-corrected chi connectivity index (χ3v) is 10.1. The van der Waals surface area contributed by atoms with Gasteiger partial charge in [-0.15, -0.1) is 0 Å². The number of likely N-dealkylation sites (N-methyl/N-ethyl adjacent to an activating group) is 1. The van der Waals surface area contributed by atoms with E-state index in [9.17, 15) is 21.6 Å². The van der Waals surface area contributed by atoms with Gasteiger partial charge in [0.1, 0.15) is 17.0 Å². The number of halogens is 3. The van der Waals surface area contributed by atoms with Gasteiger partial charge in [-0.3, -0.25) is 0 Å². The number of piperazine rings is 1. The Bertz CT molecular complexity index is 1480. The van der Waals surface area contributed by atoms with Gasteiger partial charge in [0.05, 0.1) is 11.8 Å². The Morgan fingerprint density at radius 2 is 1.80 bits per heavy atom. The topological polar surface area (TPSA) is 94.8 Å². The molecule has 0 amide bonds. The number of rotatable bonds is 7. The molecule has 40 heavy (non-hydrogen) atoms. The molecule has 3 aromatic rings. The minimum atomic E-state index is -4.70. The molecule has 1 aliphatic carbocycles. The number of hydrogen-bond donors (Lipinski definition) is 1. The number of furan rings is 1. The first-order valence-corrected chi connectivity index (χ1v) is 15.0. The largest absolute Gasteiger partial charge is 0.458 e. The highest BCUT2D eigenvalue weighted by Gasteiger charge is 2.42. The zero-order valence-electron chi connectivity index (χ0n) is 22.1. The quantitative estimate of drug-likeness (QED) is 0.440. The summed E-state index contributed by atoms with van der Waals surface area (Å²) >= 11 is 0. The Labute approximate surface area is 231 Å². The minimum absolute atomic E-state index is 0.000352. The summed E-state index contributed by atoms with van der Waals surface area (Å²) in [4.78, 5) is 12.8. The summed E-state index contributed by atoms with van der Waals surface area (Å²) in [6, 6.07) is 9.17. The first-order chi connectivity index (χ1) is 19.1. The van der Waals surface area contributed by atoms with Crippen molar-refractivity contribution in [2.75, 3.05) is 49.5 Å². The molecule has 0 atom stereocenters. The number of fused-ring (bicyclic) bond motifs is 1. The molecular formula is C27H31F3N6O3S. The Morgan fingerprint density at radius 3 is 2.45 bits per heavy atom. The number of alkyl halides is 3. The normalized spacial score (nSPS) is 19.1. The fourth-order valence-corrected chi connectivity index (χ4v) is 7.05. The molecule has 2 fully saturated rings. The number of anilines is 3. The molecule has 9 nitrogen and oxygen atoms in total. The van der Waals surface area contributed by atoms with Crippen LogP contribution in [0, 0.1) is 0 Å². The van der Waals surface area contributed by atoms with Gasteiger partial charge in [-0.2, -0.15) is 17.5 Å². The lowest BCUT2D eigenvalue weighted by molar-refractivity contribution is -0.137. The second kappa shape index (κ2) is 10.3. The highest BCUT2D eigenvalue weighted by molar-refractivity contribution is 7.90. The molecule has 0 spiro atoms. The van der Waals surface area contributed by atoms with Gasteiger partial charge in [-0.25, -0.2) is 18.4 Å². The summed E-state index contributed by atoms with van der Waals surface area (Å²) in [5.74, 6) is 0.289. The SMILES string of the molecule is CCN1CCN(c2ccc(Nc3ncc(C(F)(F)F)c(-c4cc5c(o4)CN(S(=O)(=O)C4CC4)CC5)n3)cc2)CC1. The van der Waals surface area contributed by atoms with Gasteiger partial charge >= 0.3 is 6.18 Å². The highest BCUT2D eigenvalue weighted by Crippen LogP contribution is 2.40. The monoisotopic (exact) mass is 576 g/mol. The molecule has 1 saturated carbocycles. The molecule has 1 saturated heterocycles. The van der Waals surface area contributed by atoms with Crippen LogP contribution in [0.2, 0.25) is 0 Å². The van der Waals surface area contributed by atoms with E-state index in [0.717, 1.165) is 44.6 Å². The van der Waals surface area contributed by atoms with Crippen LogP contribution in [0.3, 0.4) is 0 Å². The lowest BCUT2D eigenvalue weighted by Gasteiger charge is -2.35. The third kappa shape index (κ3) is 5.41. The number of aromatic nitrogens is 2. The van der Waals surface area contributed by atoms with Crippen LogP contribution in [0.5, 0.6) is 0 Å². The zero-order valence-corrected chi connectivity index (χ0v) is 22.9. The molecule has 13 heteroatoms. The van der Waals surface area contributed by atoms with Gasteiger partial charge in [0.2, 0.25) is 16.0 Å². The van der Waals surface area contributed by atoms with E-state index in [1.54, 1.807) is 0 Å². The predicted octanol–water partition coefficient (Wildman–Crippen LogP) is 4.49. The second-order valence-electron chi connectivity index (χ2n) is 10.4. The molecule has 214 valence electrons. The number of nitrogens with one attached hydrogen (secondary N) is 1. The van der Waals surface area contributed by atoms with Crippen molar-refractivity contribution in [1.29, 1.82) is 0 Å². The van der Waals surface area contributed by atoms with Gasteiger partial charge in [0.15, 0.2) is 5.76 Å². The Balaban J connectivity index is 1.23.